The molecular weight excluding hydrogens is 721 g/mol. The zero-order valence-corrected chi connectivity index (χ0v) is 37.1. The molecule has 0 spiro atoms. The van der Waals surface area contributed by atoms with E-state index in [2.05, 4.69) is 104 Å². The summed E-state index contributed by atoms with van der Waals surface area (Å²) in [6.07, 6.45) is 59.2. The first-order chi connectivity index (χ1) is 28.4. The Labute approximate surface area is 355 Å². The Morgan fingerprint density at radius 3 is 1.53 bits per heavy atom. The van der Waals surface area contributed by atoms with Gasteiger partial charge in [-0.3, -0.25) is 9.59 Å². The van der Waals surface area contributed by atoms with Crippen molar-refractivity contribution in [2.24, 2.45) is 5.73 Å². The van der Waals surface area contributed by atoms with Gasteiger partial charge in [0.25, 0.3) is 0 Å². The molecule has 1 amide bonds. The first kappa shape index (κ1) is 54.6. The van der Waals surface area contributed by atoms with E-state index in [1.165, 1.54) is 51.4 Å². The number of esters is 1. The van der Waals surface area contributed by atoms with Gasteiger partial charge in [0.1, 0.15) is 12.1 Å². The minimum atomic E-state index is -1.01. The van der Waals surface area contributed by atoms with Crippen LogP contribution < -0.4 is 11.1 Å². The molecule has 7 nitrogen and oxygen atoms in total. The number of nitrogens with one attached hydrogen (secondary N) is 1. The van der Waals surface area contributed by atoms with Gasteiger partial charge in [0, 0.05) is 12.8 Å². The van der Waals surface area contributed by atoms with Crippen LogP contribution in [0.4, 0.5) is 0 Å². The van der Waals surface area contributed by atoms with Crippen molar-refractivity contribution in [2.75, 3.05) is 6.54 Å². The number of carboxylic acid groups (broad SMARTS) is 1. The van der Waals surface area contributed by atoms with Crippen molar-refractivity contribution >= 4 is 17.8 Å². The lowest BCUT2D eigenvalue weighted by atomic mass is 10.0. The van der Waals surface area contributed by atoms with Gasteiger partial charge in [-0.05, 0) is 116 Å². The second kappa shape index (κ2) is 44.6. The van der Waals surface area contributed by atoms with E-state index in [9.17, 15) is 19.5 Å². The Kier molecular flexibility index (Phi) is 42.0. The largest absolute Gasteiger partial charge is 0.480 e. The molecular formula is C51H86N2O5. The number of allylic oxidation sites excluding steroid dienone is 14. The van der Waals surface area contributed by atoms with E-state index < -0.39 is 12.0 Å². The lowest BCUT2D eigenvalue weighted by molar-refractivity contribution is -0.149. The van der Waals surface area contributed by atoms with Crippen LogP contribution in [0.25, 0.3) is 0 Å². The number of carbonyl (C=O) groups excluding carboxylic acids is 2. The molecule has 4 N–H and O–H groups in total. The third kappa shape index (κ3) is 40.7. The molecule has 0 aromatic carbocycles. The standard InChI is InChI=1S/C51H86N2O5/c1-3-5-7-9-11-13-15-17-18-19-20-21-22-24-26-28-30-35-39-45-50(55)58-47(41-36-32-29-27-25-23-16-14-12-10-8-6-4-2)42-37-33-31-34-38-44-49(54)53-48(51(56)57)43-40-46-52/h5,7,11,13,17-18,20-21,24,26-27,29-30,35,47-48H,3-4,6,8-10,12,14-16,19,22-23,25,28,31-34,36-46,52H2,1-2H3,(H,53,54)(H,56,57)/b7-5-,13-11-,18-17-,21-20-,26-24-,29-27-,35-30-. The number of nitrogens with two attached hydrogens (primary N) is 1. The van der Waals surface area contributed by atoms with Crippen molar-refractivity contribution in [1.82, 2.24) is 5.32 Å². The maximum Gasteiger partial charge on any atom is 0.326 e. The minimum absolute atomic E-state index is 0.0638. The number of aliphatic carboxylic acids is 1. The lowest BCUT2D eigenvalue weighted by Crippen LogP contribution is -2.40. The summed E-state index contributed by atoms with van der Waals surface area (Å²) in [5.74, 6) is -1.35. The predicted molar refractivity (Wildman–Crippen MR) is 248 cm³/mol. The van der Waals surface area contributed by atoms with Crippen molar-refractivity contribution in [3.63, 3.8) is 0 Å². The third-order valence-corrected chi connectivity index (χ3v) is 9.96. The Balaban J connectivity index is 4.50. The number of hydrogen-bond donors (Lipinski definition) is 3. The van der Waals surface area contributed by atoms with Gasteiger partial charge in [0.05, 0.1) is 0 Å². The van der Waals surface area contributed by atoms with E-state index in [0.717, 1.165) is 103 Å². The lowest BCUT2D eigenvalue weighted by Gasteiger charge is -2.18. The second-order valence-corrected chi connectivity index (χ2v) is 15.4. The Morgan fingerprint density at radius 2 is 0.983 bits per heavy atom. The van der Waals surface area contributed by atoms with Crippen LogP contribution in [-0.4, -0.2) is 41.6 Å². The van der Waals surface area contributed by atoms with Crippen LogP contribution in [0.5, 0.6) is 0 Å². The summed E-state index contributed by atoms with van der Waals surface area (Å²) in [5.41, 5.74) is 5.49. The number of amides is 1. The zero-order chi connectivity index (χ0) is 42.4. The number of unbranched alkanes of at least 4 members (excludes halogenated alkanes) is 13. The fourth-order valence-electron chi connectivity index (χ4n) is 6.48. The SMILES string of the molecule is CC/C=C\C/C=C\C/C=C\C/C=C\C/C=C\C/C=C\CCC(=O)OC(CCC/C=C\CCCCCCCCCC)CCCCCCCC(=O)NC(CCCN)C(=O)O. The highest BCUT2D eigenvalue weighted by Crippen LogP contribution is 2.17. The van der Waals surface area contributed by atoms with Crippen LogP contribution >= 0.6 is 0 Å². The van der Waals surface area contributed by atoms with Crippen LogP contribution in [-0.2, 0) is 19.1 Å². The highest BCUT2D eigenvalue weighted by Gasteiger charge is 2.19. The van der Waals surface area contributed by atoms with Crippen molar-refractivity contribution < 1.29 is 24.2 Å². The normalized spacial score (nSPS) is 13.4. The predicted octanol–water partition coefficient (Wildman–Crippen LogP) is 13.7. The molecule has 58 heavy (non-hydrogen) atoms. The van der Waals surface area contributed by atoms with E-state index in [-0.39, 0.29) is 18.0 Å². The molecule has 0 fully saturated rings. The minimum Gasteiger partial charge on any atom is -0.480 e. The van der Waals surface area contributed by atoms with Crippen molar-refractivity contribution in [3.05, 3.63) is 85.1 Å². The number of rotatable bonds is 41. The van der Waals surface area contributed by atoms with Crippen LogP contribution in [0.1, 0.15) is 200 Å². The van der Waals surface area contributed by atoms with Crippen LogP contribution in [0.2, 0.25) is 0 Å². The highest BCUT2D eigenvalue weighted by atomic mass is 16.5. The third-order valence-electron chi connectivity index (χ3n) is 9.96. The van der Waals surface area contributed by atoms with Gasteiger partial charge < -0.3 is 20.9 Å². The Bertz CT molecular complexity index is 1180. The summed E-state index contributed by atoms with van der Waals surface area (Å²) in [6, 6.07) is -0.869. The molecule has 0 aromatic heterocycles. The average Bonchev–Trinajstić information content (AvgIpc) is 3.21. The summed E-state index contributed by atoms with van der Waals surface area (Å²) in [6.45, 7) is 4.82. The maximum atomic E-state index is 12.8. The van der Waals surface area contributed by atoms with Gasteiger partial charge in [0.15, 0.2) is 0 Å². The number of carbonyl (C=O) groups is 3. The molecule has 0 radical (unpaired) electrons. The molecule has 0 aliphatic carbocycles. The Hall–Kier alpha value is -3.45. The molecule has 0 saturated heterocycles. The molecule has 0 aromatic rings. The van der Waals surface area contributed by atoms with Crippen molar-refractivity contribution in [3.8, 4) is 0 Å². The molecule has 7 heteroatoms. The van der Waals surface area contributed by atoms with Crippen LogP contribution in [0, 0.1) is 0 Å². The Morgan fingerprint density at radius 1 is 0.517 bits per heavy atom. The molecule has 0 saturated carbocycles. The molecule has 330 valence electrons. The van der Waals surface area contributed by atoms with E-state index in [0.29, 0.717) is 38.6 Å². The van der Waals surface area contributed by atoms with Crippen molar-refractivity contribution in [2.45, 2.75) is 212 Å². The summed E-state index contributed by atoms with van der Waals surface area (Å²) >= 11 is 0. The van der Waals surface area contributed by atoms with Gasteiger partial charge in [-0.15, -0.1) is 0 Å². The van der Waals surface area contributed by atoms with Crippen LogP contribution in [0.3, 0.4) is 0 Å². The monoisotopic (exact) mass is 807 g/mol. The smallest absolute Gasteiger partial charge is 0.326 e. The highest BCUT2D eigenvalue weighted by molar-refractivity contribution is 5.83. The quantitative estimate of drug-likeness (QED) is 0.0322. The van der Waals surface area contributed by atoms with Gasteiger partial charge in [0.2, 0.25) is 5.91 Å². The average molecular weight is 807 g/mol. The molecule has 0 aliphatic heterocycles. The fourth-order valence-corrected chi connectivity index (χ4v) is 6.48. The van der Waals surface area contributed by atoms with E-state index in [1.807, 2.05) is 0 Å². The zero-order valence-electron chi connectivity index (χ0n) is 37.1. The summed E-state index contributed by atoms with van der Waals surface area (Å²) in [7, 11) is 0. The van der Waals surface area contributed by atoms with E-state index in [4.69, 9.17) is 10.5 Å². The molecule has 0 bridgehead atoms. The number of hydrogen-bond acceptors (Lipinski definition) is 5. The molecule has 0 aliphatic rings. The fraction of sp³-hybridized carbons (Fsp3) is 0.667. The van der Waals surface area contributed by atoms with Gasteiger partial charge >= 0.3 is 11.9 Å². The molecule has 2 unspecified atom stereocenters. The summed E-state index contributed by atoms with van der Waals surface area (Å²) in [4.78, 5) is 36.4. The van der Waals surface area contributed by atoms with Gasteiger partial charge in [-0.2, -0.15) is 0 Å². The number of ether oxygens (including phenoxy) is 1. The first-order valence-electron chi connectivity index (χ1n) is 23.4. The van der Waals surface area contributed by atoms with Crippen LogP contribution in [0.15, 0.2) is 85.1 Å². The second-order valence-electron chi connectivity index (χ2n) is 15.4. The molecule has 2 atom stereocenters. The first-order valence-corrected chi connectivity index (χ1v) is 23.4. The molecule has 0 rings (SSSR count). The van der Waals surface area contributed by atoms with Crippen molar-refractivity contribution in [1.29, 1.82) is 0 Å². The number of carboxylic acids is 1. The maximum absolute atomic E-state index is 12.8. The topological polar surface area (TPSA) is 119 Å². The summed E-state index contributed by atoms with van der Waals surface area (Å²) < 4.78 is 6.00. The van der Waals surface area contributed by atoms with E-state index >= 15 is 0 Å². The van der Waals surface area contributed by atoms with Gasteiger partial charge in [-0.25, -0.2) is 4.79 Å². The molecule has 0 heterocycles. The van der Waals surface area contributed by atoms with Gasteiger partial charge in [-0.1, -0.05) is 163 Å². The summed E-state index contributed by atoms with van der Waals surface area (Å²) in [5, 5.41) is 11.9. The van der Waals surface area contributed by atoms with E-state index in [1.54, 1.807) is 0 Å².